The molecule has 1 aromatic carbocycles. The molecular weight excluding hydrogens is 378 g/mol. The van der Waals surface area contributed by atoms with E-state index in [9.17, 15) is 0 Å². The van der Waals surface area contributed by atoms with Crippen molar-refractivity contribution in [2.75, 3.05) is 18.9 Å². The number of rotatable bonds is 9. The second-order valence-corrected chi connectivity index (χ2v) is 7.31. The minimum absolute atomic E-state index is 0.416. The van der Waals surface area contributed by atoms with Crippen LogP contribution in [0.15, 0.2) is 28.7 Å². The van der Waals surface area contributed by atoms with E-state index < -0.39 is 0 Å². The van der Waals surface area contributed by atoms with Crippen LogP contribution in [0.1, 0.15) is 45.1 Å². The minimum atomic E-state index is 0.416. The number of halogens is 2. The van der Waals surface area contributed by atoms with Gasteiger partial charge in [0.15, 0.2) is 0 Å². The summed E-state index contributed by atoms with van der Waals surface area (Å²) in [7, 11) is 2.24. The summed E-state index contributed by atoms with van der Waals surface area (Å²) in [4.78, 5) is 2.46. The van der Waals surface area contributed by atoms with Crippen LogP contribution >= 0.6 is 31.9 Å². The van der Waals surface area contributed by atoms with Crippen LogP contribution in [-0.4, -0.2) is 23.8 Å². The molecule has 0 fully saturated rings. The van der Waals surface area contributed by atoms with Crippen LogP contribution in [0.4, 0.5) is 0 Å². The molecule has 1 rings (SSSR count). The van der Waals surface area contributed by atoms with Crippen molar-refractivity contribution in [1.29, 1.82) is 0 Å². The molecule has 0 aromatic heterocycles. The molecular formula is C17H27Br2N. The third-order valence-electron chi connectivity index (χ3n) is 3.85. The standard InChI is InChI=1S/C17H27Br2N/c1-4-10-17(13-18,11-5-2)14-20(3)12-15-8-6-7-9-16(15)19/h6-9H,4-5,10-14H2,1-3H3. The molecule has 0 N–H and O–H groups in total. The van der Waals surface area contributed by atoms with Crippen molar-refractivity contribution in [3.8, 4) is 0 Å². The van der Waals surface area contributed by atoms with Gasteiger partial charge in [-0.15, -0.1) is 0 Å². The van der Waals surface area contributed by atoms with E-state index in [2.05, 4.69) is 81.9 Å². The Bertz CT molecular complexity index is 386. The Morgan fingerprint density at radius 2 is 1.70 bits per heavy atom. The molecule has 0 aliphatic heterocycles. The second-order valence-electron chi connectivity index (χ2n) is 5.90. The molecule has 0 saturated heterocycles. The van der Waals surface area contributed by atoms with Crippen molar-refractivity contribution in [1.82, 2.24) is 4.90 Å². The predicted octanol–water partition coefficient (Wildman–Crippen LogP) is 5.86. The maximum Gasteiger partial charge on any atom is 0.0242 e. The smallest absolute Gasteiger partial charge is 0.0242 e. The molecule has 20 heavy (non-hydrogen) atoms. The molecule has 0 bridgehead atoms. The summed E-state index contributed by atoms with van der Waals surface area (Å²) in [6, 6.07) is 8.52. The first kappa shape index (κ1) is 18.2. The maximum absolute atomic E-state index is 3.77. The normalized spacial score (nSPS) is 12.1. The summed E-state index contributed by atoms with van der Waals surface area (Å²) < 4.78 is 1.21. The van der Waals surface area contributed by atoms with Crippen molar-refractivity contribution in [2.45, 2.75) is 46.1 Å². The van der Waals surface area contributed by atoms with Crippen LogP contribution in [0, 0.1) is 5.41 Å². The van der Waals surface area contributed by atoms with E-state index in [0.29, 0.717) is 5.41 Å². The third kappa shape index (κ3) is 5.50. The summed E-state index contributed by atoms with van der Waals surface area (Å²) in [6.07, 6.45) is 5.11. The van der Waals surface area contributed by atoms with E-state index >= 15 is 0 Å². The van der Waals surface area contributed by atoms with Gasteiger partial charge in [0.25, 0.3) is 0 Å². The topological polar surface area (TPSA) is 3.24 Å². The van der Waals surface area contributed by atoms with Gasteiger partial charge in [-0.05, 0) is 36.9 Å². The fourth-order valence-electron chi connectivity index (χ4n) is 3.07. The Kier molecular flexibility index (Phi) is 8.38. The molecule has 0 unspecified atom stereocenters. The molecule has 0 heterocycles. The zero-order valence-electron chi connectivity index (χ0n) is 13.0. The largest absolute Gasteiger partial charge is 0.301 e. The molecule has 3 heteroatoms. The first-order valence-corrected chi connectivity index (χ1v) is 9.46. The Hall–Kier alpha value is 0.140. The monoisotopic (exact) mass is 403 g/mol. The van der Waals surface area contributed by atoms with E-state index in [0.717, 1.165) is 18.4 Å². The molecule has 0 spiro atoms. The van der Waals surface area contributed by atoms with E-state index in [1.807, 2.05) is 0 Å². The average Bonchev–Trinajstić information content (AvgIpc) is 2.42. The van der Waals surface area contributed by atoms with Gasteiger partial charge in [-0.3, -0.25) is 0 Å². The Morgan fingerprint density at radius 1 is 1.10 bits per heavy atom. The minimum Gasteiger partial charge on any atom is -0.301 e. The van der Waals surface area contributed by atoms with Crippen molar-refractivity contribution < 1.29 is 0 Å². The number of hydrogen-bond donors (Lipinski definition) is 0. The van der Waals surface area contributed by atoms with Crippen molar-refractivity contribution in [3.63, 3.8) is 0 Å². The molecule has 114 valence electrons. The van der Waals surface area contributed by atoms with Gasteiger partial charge in [0, 0.05) is 22.9 Å². The van der Waals surface area contributed by atoms with Crippen LogP contribution in [-0.2, 0) is 6.54 Å². The zero-order chi connectivity index (χ0) is 15.0. The molecule has 0 aliphatic carbocycles. The van der Waals surface area contributed by atoms with E-state index in [-0.39, 0.29) is 0 Å². The lowest BCUT2D eigenvalue weighted by Gasteiger charge is -2.36. The number of alkyl halides is 1. The number of hydrogen-bond acceptors (Lipinski definition) is 1. The SMILES string of the molecule is CCCC(CBr)(CCC)CN(C)Cc1ccccc1Br. The van der Waals surface area contributed by atoms with Gasteiger partial charge in [0.05, 0.1) is 0 Å². The number of nitrogens with zero attached hydrogens (tertiary/aromatic N) is 1. The third-order valence-corrected chi connectivity index (χ3v) is 5.81. The van der Waals surface area contributed by atoms with Gasteiger partial charge >= 0.3 is 0 Å². The van der Waals surface area contributed by atoms with Gasteiger partial charge in [0.1, 0.15) is 0 Å². The summed E-state index contributed by atoms with van der Waals surface area (Å²) in [5, 5.41) is 1.10. The van der Waals surface area contributed by atoms with Crippen LogP contribution in [0.3, 0.4) is 0 Å². The Labute approximate surface area is 141 Å². The second kappa shape index (κ2) is 9.22. The fraction of sp³-hybridized carbons (Fsp3) is 0.647. The highest BCUT2D eigenvalue weighted by Gasteiger charge is 2.28. The van der Waals surface area contributed by atoms with Gasteiger partial charge in [0.2, 0.25) is 0 Å². The summed E-state index contributed by atoms with van der Waals surface area (Å²) in [5.74, 6) is 0. The highest BCUT2D eigenvalue weighted by molar-refractivity contribution is 9.10. The molecule has 0 amide bonds. The van der Waals surface area contributed by atoms with Crippen LogP contribution in [0.25, 0.3) is 0 Å². The molecule has 1 aromatic rings. The summed E-state index contributed by atoms with van der Waals surface area (Å²) in [6.45, 7) is 6.74. The lowest BCUT2D eigenvalue weighted by atomic mass is 9.80. The van der Waals surface area contributed by atoms with Crippen molar-refractivity contribution in [3.05, 3.63) is 34.3 Å². The first-order valence-electron chi connectivity index (χ1n) is 7.55. The lowest BCUT2D eigenvalue weighted by Crippen LogP contribution is -2.36. The van der Waals surface area contributed by atoms with Crippen LogP contribution in [0.2, 0.25) is 0 Å². The average molecular weight is 405 g/mol. The van der Waals surface area contributed by atoms with Gasteiger partial charge < -0.3 is 4.90 Å². The summed E-state index contributed by atoms with van der Waals surface area (Å²) >= 11 is 7.41. The molecule has 0 saturated carbocycles. The van der Waals surface area contributed by atoms with Gasteiger partial charge in [-0.2, -0.15) is 0 Å². The van der Waals surface area contributed by atoms with E-state index in [4.69, 9.17) is 0 Å². The van der Waals surface area contributed by atoms with Crippen molar-refractivity contribution in [2.24, 2.45) is 5.41 Å². The van der Waals surface area contributed by atoms with Crippen molar-refractivity contribution >= 4 is 31.9 Å². The summed E-state index contributed by atoms with van der Waals surface area (Å²) in [5.41, 5.74) is 1.78. The van der Waals surface area contributed by atoms with Crippen LogP contribution in [0.5, 0.6) is 0 Å². The molecule has 1 nitrogen and oxygen atoms in total. The highest BCUT2D eigenvalue weighted by atomic mass is 79.9. The van der Waals surface area contributed by atoms with Gasteiger partial charge in [-0.25, -0.2) is 0 Å². The molecule has 0 radical (unpaired) electrons. The Morgan fingerprint density at radius 3 is 2.20 bits per heavy atom. The quantitative estimate of drug-likeness (QED) is 0.465. The molecule has 0 aliphatic rings. The molecule has 0 atom stereocenters. The predicted molar refractivity (Wildman–Crippen MR) is 96.5 cm³/mol. The number of benzene rings is 1. The van der Waals surface area contributed by atoms with E-state index in [1.165, 1.54) is 35.7 Å². The first-order chi connectivity index (χ1) is 9.56. The van der Waals surface area contributed by atoms with Gasteiger partial charge in [-0.1, -0.05) is 76.7 Å². The maximum atomic E-state index is 3.77. The lowest BCUT2D eigenvalue weighted by molar-refractivity contribution is 0.166. The Balaban J connectivity index is 2.70. The highest BCUT2D eigenvalue weighted by Crippen LogP contribution is 2.33. The van der Waals surface area contributed by atoms with Crippen LogP contribution < -0.4 is 0 Å². The van der Waals surface area contributed by atoms with E-state index in [1.54, 1.807) is 0 Å². The fourth-order valence-corrected chi connectivity index (χ4v) is 4.21. The zero-order valence-corrected chi connectivity index (χ0v) is 16.1.